The monoisotopic (exact) mass is 536 g/mol. The van der Waals surface area contributed by atoms with Crippen molar-refractivity contribution in [2.45, 2.75) is 24.9 Å². The number of nitrogens with one attached hydrogen (secondary N) is 2. The van der Waals surface area contributed by atoms with E-state index in [4.69, 9.17) is 11.6 Å². The zero-order valence-corrected chi connectivity index (χ0v) is 20.0. The molecule has 6 nitrogen and oxygen atoms in total. The van der Waals surface area contributed by atoms with Crippen molar-refractivity contribution in [3.8, 4) is 0 Å². The summed E-state index contributed by atoms with van der Waals surface area (Å²) in [7, 11) is -0.0655. The number of hydrogen-bond acceptors (Lipinski definition) is 3. The van der Waals surface area contributed by atoms with Crippen molar-refractivity contribution in [2.75, 3.05) is 20.6 Å². The third-order valence-corrected chi connectivity index (χ3v) is 5.58. The SMILES string of the molecule is CCNC(=NCc1ccc(S(=O)(=O)NC)cc1)N(C)Cc1cccc(Cl)c1.I. The van der Waals surface area contributed by atoms with Crippen LogP contribution in [0, 0.1) is 0 Å². The molecule has 0 heterocycles. The van der Waals surface area contributed by atoms with Gasteiger partial charge in [-0.25, -0.2) is 18.1 Å². The van der Waals surface area contributed by atoms with Crippen LogP contribution < -0.4 is 10.0 Å². The molecule has 0 amide bonds. The van der Waals surface area contributed by atoms with E-state index in [1.54, 1.807) is 24.3 Å². The molecule has 0 unspecified atom stereocenters. The fourth-order valence-electron chi connectivity index (χ4n) is 2.51. The Morgan fingerprint density at radius 1 is 1.14 bits per heavy atom. The summed E-state index contributed by atoms with van der Waals surface area (Å²) in [5.41, 5.74) is 2.02. The number of rotatable bonds is 7. The number of aliphatic imine (C=N–C) groups is 1. The lowest BCUT2D eigenvalue weighted by Crippen LogP contribution is -2.38. The van der Waals surface area contributed by atoms with Crippen LogP contribution in [0.5, 0.6) is 0 Å². The maximum Gasteiger partial charge on any atom is 0.240 e. The van der Waals surface area contributed by atoms with Crippen molar-refractivity contribution in [3.05, 3.63) is 64.7 Å². The average Bonchev–Trinajstić information content (AvgIpc) is 2.65. The first-order valence-corrected chi connectivity index (χ1v) is 10.5. The van der Waals surface area contributed by atoms with Crippen LogP contribution in [-0.2, 0) is 23.1 Å². The lowest BCUT2D eigenvalue weighted by atomic mass is 10.2. The average molecular weight is 537 g/mol. The first-order chi connectivity index (χ1) is 12.9. The van der Waals surface area contributed by atoms with E-state index in [1.807, 2.05) is 43.1 Å². The molecule has 0 aromatic heterocycles. The van der Waals surface area contributed by atoms with Gasteiger partial charge in [0.2, 0.25) is 10.0 Å². The molecule has 0 radical (unpaired) electrons. The largest absolute Gasteiger partial charge is 0.357 e. The van der Waals surface area contributed by atoms with Gasteiger partial charge in [0, 0.05) is 25.2 Å². The minimum atomic E-state index is -3.42. The molecule has 2 N–H and O–H groups in total. The molecule has 0 bridgehead atoms. The Hall–Kier alpha value is -1.36. The fraction of sp³-hybridized carbons (Fsp3) is 0.316. The zero-order chi connectivity index (χ0) is 19.9. The van der Waals surface area contributed by atoms with Crippen molar-refractivity contribution in [1.29, 1.82) is 0 Å². The quantitative estimate of drug-likeness (QED) is 0.323. The summed E-state index contributed by atoms with van der Waals surface area (Å²) in [6, 6.07) is 14.4. The number of benzene rings is 2. The van der Waals surface area contributed by atoms with E-state index in [0.717, 1.165) is 23.6 Å². The van der Waals surface area contributed by atoms with E-state index < -0.39 is 10.0 Å². The van der Waals surface area contributed by atoms with Crippen LogP contribution in [0.3, 0.4) is 0 Å². The normalized spacial score (nSPS) is 11.6. The Bertz CT molecular complexity index is 889. The van der Waals surface area contributed by atoms with Crippen molar-refractivity contribution in [3.63, 3.8) is 0 Å². The highest BCUT2D eigenvalue weighted by atomic mass is 127. The summed E-state index contributed by atoms with van der Waals surface area (Å²) in [4.78, 5) is 6.91. The van der Waals surface area contributed by atoms with E-state index in [1.165, 1.54) is 7.05 Å². The molecule has 9 heteroatoms. The van der Waals surface area contributed by atoms with E-state index in [-0.39, 0.29) is 28.9 Å². The molecule has 0 spiro atoms. The maximum atomic E-state index is 11.8. The number of sulfonamides is 1. The van der Waals surface area contributed by atoms with Gasteiger partial charge in [-0.3, -0.25) is 0 Å². The van der Waals surface area contributed by atoms with E-state index >= 15 is 0 Å². The van der Waals surface area contributed by atoms with Crippen LogP contribution in [0.4, 0.5) is 0 Å². The molecule has 0 saturated heterocycles. The molecule has 2 rings (SSSR count). The summed E-state index contributed by atoms with van der Waals surface area (Å²) < 4.78 is 25.9. The molecule has 0 fully saturated rings. The van der Waals surface area contributed by atoms with Gasteiger partial charge >= 0.3 is 0 Å². The van der Waals surface area contributed by atoms with Gasteiger partial charge in [0.1, 0.15) is 0 Å². The first kappa shape index (κ1) is 24.7. The molecule has 28 heavy (non-hydrogen) atoms. The molecule has 0 aliphatic rings. The Kier molecular flexibility index (Phi) is 10.2. The van der Waals surface area contributed by atoms with E-state index in [9.17, 15) is 8.42 Å². The zero-order valence-electron chi connectivity index (χ0n) is 16.1. The van der Waals surface area contributed by atoms with Crippen LogP contribution in [0.25, 0.3) is 0 Å². The van der Waals surface area contributed by atoms with Crippen LogP contribution in [0.15, 0.2) is 58.4 Å². The van der Waals surface area contributed by atoms with Crippen molar-refractivity contribution in [1.82, 2.24) is 14.9 Å². The molecule has 2 aromatic carbocycles. The second kappa shape index (κ2) is 11.6. The molecule has 0 atom stereocenters. The van der Waals surface area contributed by atoms with Gasteiger partial charge in [-0.05, 0) is 49.4 Å². The highest BCUT2D eigenvalue weighted by Gasteiger charge is 2.11. The molecule has 2 aromatic rings. The number of nitrogens with zero attached hydrogens (tertiary/aromatic N) is 2. The summed E-state index contributed by atoms with van der Waals surface area (Å²) >= 11 is 6.05. The van der Waals surface area contributed by atoms with Gasteiger partial charge < -0.3 is 10.2 Å². The summed E-state index contributed by atoms with van der Waals surface area (Å²) in [6.07, 6.45) is 0. The van der Waals surface area contributed by atoms with Gasteiger partial charge in [-0.2, -0.15) is 0 Å². The maximum absolute atomic E-state index is 11.8. The van der Waals surface area contributed by atoms with Crippen molar-refractivity contribution < 1.29 is 8.42 Å². The van der Waals surface area contributed by atoms with Crippen LogP contribution >= 0.6 is 35.6 Å². The number of guanidine groups is 1. The Morgan fingerprint density at radius 2 is 1.82 bits per heavy atom. The Labute approximate surface area is 189 Å². The summed E-state index contributed by atoms with van der Waals surface area (Å²) in [5.74, 6) is 0.768. The molecule has 0 aliphatic carbocycles. The van der Waals surface area contributed by atoms with Gasteiger partial charge in [-0.1, -0.05) is 35.9 Å². The van der Waals surface area contributed by atoms with Gasteiger partial charge in [0.25, 0.3) is 0 Å². The number of halogens is 2. The molecular weight excluding hydrogens is 511 g/mol. The fourth-order valence-corrected chi connectivity index (χ4v) is 3.45. The highest BCUT2D eigenvalue weighted by molar-refractivity contribution is 14.0. The summed E-state index contributed by atoms with van der Waals surface area (Å²) in [6.45, 7) is 3.88. The third kappa shape index (κ3) is 7.23. The van der Waals surface area contributed by atoms with Crippen LogP contribution in [-0.4, -0.2) is 39.9 Å². The minimum Gasteiger partial charge on any atom is -0.357 e. The molecular formula is C19H26ClIN4O2S. The summed E-state index contributed by atoms with van der Waals surface area (Å²) in [5, 5.41) is 3.98. The number of hydrogen-bond donors (Lipinski definition) is 2. The lowest BCUT2D eigenvalue weighted by Gasteiger charge is -2.22. The smallest absolute Gasteiger partial charge is 0.240 e. The van der Waals surface area contributed by atoms with Crippen LogP contribution in [0.2, 0.25) is 5.02 Å². The highest BCUT2D eigenvalue weighted by Crippen LogP contribution is 2.13. The standard InChI is InChI=1S/C19H25ClN4O2S.HI/c1-4-22-19(24(3)14-16-6-5-7-17(20)12-16)23-13-15-8-10-18(11-9-15)27(25,26)21-2;/h5-12,21H,4,13-14H2,1-3H3,(H,22,23);1H. The minimum absolute atomic E-state index is 0. The van der Waals surface area contributed by atoms with E-state index in [0.29, 0.717) is 18.1 Å². The van der Waals surface area contributed by atoms with Crippen molar-refractivity contribution >= 4 is 51.6 Å². The Balaban J connectivity index is 0.00000392. The third-order valence-electron chi connectivity index (χ3n) is 3.92. The Morgan fingerprint density at radius 3 is 2.39 bits per heavy atom. The van der Waals surface area contributed by atoms with E-state index in [2.05, 4.69) is 15.0 Å². The first-order valence-electron chi connectivity index (χ1n) is 8.62. The predicted octanol–water partition coefficient (Wildman–Crippen LogP) is 3.46. The van der Waals surface area contributed by atoms with Crippen molar-refractivity contribution in [2.24, 2.45) is 4.99 Å². The van der Waals surface area contributed by atoms with Gasteiger partial charge in [0.15, 0.2) is 5.96 Å². The second-order valence-electron chi connectivity index (χ2n) is 6.01. The molecule has 0 saturated carbocycles. The lowest BCUT2D eigenvalue weighted by molar-refractivity contribution is 0.477. The topological polar surface area (TPSA) is 73.8 Å². The van der Waals surface area contributed by atoms with Gasteiger partial charge in [0.05, 0.1) is 11.4 Å². The van der Waals surface area contributed by atoms with Crippen LogP contribution in [0.1, 0.15) is 18.1 Å². The molecule has 0 aliphatic heterocycles. The predicted molar refractivity (Wildman–Crippen MR) is 126 cm³/mol. The second-order valence-corrected chi connectivity index (χ2v) is 8.33. The van der Waals surface area contributed by atoms with Gasteiger partial charge in [-0.15, -0.1) is 24.0 Å². The molecule has 154 valence electrons.